The smallest absolute Gasteiger partial charge is 0.264 e. The molecule has 3 aromatic rings. The monoisotopic (exact) mass is 323 g/mol. The first-order valence-electron chi connectivity index (χ1n) is 7.44. The van der Waals surface area contributed by atoms with Crippen LogP contribution in [-0.4, -0.2) is 21.5 Å². The molecule has 0 fully saturated rings. The highest BCUT2D eigenvalue weighted by atomic mass is 32.1. The summed E-state index contributed by atoms with van der Waals surface area (Å²) in [6.07, 6.45) is 1.49. The largest absolute Gasteiger partial charge is 0.348 e. The number of nitrogens with zero attached hydrogens (tertiary/aromatic N) is 2. The van der Waals surface area contributed by atoms with Crippen molar-refractivity contribution in [1.82, 2.24) is 14.9 Å². The van der Waals surface area contributed by atoms with Crippen molar-refractivity contribution in [2.24, 2.45) is 0 Å². The first kappa shape index (κ1) is 15.4. The van der Waals surface area contributed by atoms with Gasteiger partial charge in [0.1, 0.15) is 4.88 Å². The molecule has 23 heavy (non-hydrogen) atoms. The number of rotatable bonds is 5. The Balaban J connectivity index is 1.88. The quantitative estimate of drug-likeness (QED) is 0.782. The van der Waals surface area contributed by atoms with Gasteiger partial charge in [0.2, 0.25) is 0 Å². The number of nitrogens with one attached hydrogen (secondary N) is 1. The van der Waals surface area contributed by atoms with E-state index in [-0.39, 0.29) is 17.9 Å². The molecule has 0 aliphatic rings. The molecule has 0 aliphatic carbocycles. The molecular weight excluding hydrogens is 306 g/mol. The van der Waals surface area contributed by atoms with Crippen molar-refractivity contribution in [3.63, 3.8) is 0 Å². The summed E-state index contributed by atoms with van der Waals surface area (Å²) in [6, 6.07) is 20.4. The highest BCUT2D eigenvalue weighted by Crippen LogP contribution is 2.28. The molecule has 5 heteroatoms. The molecule has 0 aliphatic heterocycles. The fourth-order valence-electron chi connectivity index (χ4n) is 2.72. The van der Waals surface area contributed by atoms with E-state index in [2.05, 4.69) is 39.2 Å². The van der Waals surface area contributed by atoms with Gasteiger partial charge >= 0.3 is 0 Å². The zero-order valence-electron chi connectivity index (χ0n) is 12.7. The van der Waals surface area contributed by atoms with E-state index in [1.54, 1.807) is 0 Å². The maximum Gasteiger partial charge on any atom is 0.264 e. The second kappa shape index (κ2) is 7.15. The predicted octanol–water partition coefficient (Wildman–Crippen LogP) is 3.49. The van der Waals surface area contributed by atoms with E-state index >= 15 is 0 Å². The van der Waals surface area contributed by atoms with E-state index in [0.29, 0.717) is 4.88 Å². The van der Waals surface area contributed by atoms with Crippen molar-refractivity contribution in [1.29, 1.82) is 0 Å². The molecule has 1 amide bonds. The third-order valence-electron chi connectivity index (χ3n) is 3.76. The van der Waals surface area contributed by atoms with Gasteiger partial charge in [0.15, 0.2) is 0 Å². The normalized spacial score (nSPS) is 12.1. The zero-order valence-corrected chi connectivity index (χ0v) is 13.5. The van der Waals surface area contributed by atoms with Gasteiger partial charge < -0.3 is 5.32 Å². The highest BCUT2D eigenvalue weighted by molar-refractivity contribution is 7.07. The molecule has 1 atom stereocenters. The summed E-state index contributed by atoms with van der Waals surface area (Å²) in [5, 5.41) is 6.79. The number of benzene rings is 2. The second-order valence-electron chi connectivity index (χ2n) is 5.34. The first-order valence-corrected chi connectivity index (χ1v) is 8.21. The van der Waals surface area contributed by atoms with Crippen LogP contribution in [0.5, 0.6) is 0 Å². The average molecular weight is 323 g/mol. The van der Waals surface area contributed by atoms with Crippen LogP contribution in [-0.2, 0) is 0 Å². The third-order valence-corrected chi connectivity index (χ3v) is 4.42. The Labute approximate surface area is 139 Å². The molecule has 3 rings (SSSR count). The number of carbonyl (C=O) groups excluding carboxylic acids is 1. The highest BCUT2D eigenvalue weighted by Gasteiger charge is 2.23. The van der Waals surface area contributed by atoms with Crippen LogP contribution < -0.4 is 5.32 Å². The summed E-state index contributed by atoms with van der Waals surface area (Å²) in [7, 11) is 0. The van der Waals surface area contributed by atoms with E-state index in [1.165, 1.54) is 17.3 Å². The predicted molar refractivity (Wildman–Crippen MR) is 91.6 cm³/mol. The van der Waals surface area contributed by atoms with Crippen molar-refractivity contribution in [2.75, 3.05) is 0 Å². The maximum atomic E-state index is 12.3. The summed E-state index contributed by atoms with van der Waals surface area (Å²) >= 11 is 1.10. The summed E-state index contributed by atoms with van der Waals surface area (Å²) in [6.45, 7) is 2.02. The fourth-order valence-corrected chi connectivity index (χ4v) is 3.14. The lowest BCUT2D eigenvalue weighted by Crippen LogP contribution is -2.37. The molecule has 4 nitrogen and oxygen atoms in total. The van der Waals surface area contributed by atoms with Crippen LogP contribution in [0.25, 0.3) is 0 Å². The molecule has 0 bridgehead atoms. The minimum Gasteiger partial charge on any atom is -0.348 e. The van der Waals surface area contributed by atoms with E-state index in [9.17, 15) is 4.79 Å². The summed E-state index contributed by atoms with van der Waals surface area (Å²) < 4.78 is 3.74. The SMILES string of the molecule is C[C@H](NC(=O)c1cnns1)C(c1ccccc1)c1ccccc1. The van der Waals surface area contributed by atoms with Gasteiger partial charge in [-0.05, 0) is 29.6 Å². The van der Waals surface area contributed by atoms with E-state index < -0.39 is 0 Å². The second-order valence-corrected chi connectivity index (χ2v) is 6.13. The lowest BCUT2D eigenvalue weighted by molar-refractivity contribution is 0.0941. The van der Waals surface area contributed by atoms with Crippen LogP contribution in [0.1, 0.15) is 33.6 Å². The summed E-state index contributed by atoms with van der Waals surface area (Å²) in [4.78, 5) is 12.8. The molecule has 1 N–H and O–H groups in total. The number of hydrogen-bond donors (Lipinski definition) is 1. The zero-order chi connectivity index (χ0) is 16.1. The Hall–Kier alpha value is -2.53. The Kier molecular flexibility index (Phi) is 4.78. The molecule has 0 saturated carbocycles. The number of amides is 1. The van der Waals surface area contributed by atoms with Gasteiger partial charge in [-0.15, -0.1) is 5.10 Å². The van der Waals surface area contributed by atoms with Gasteiger partial charge in [-0.2, -0.15) is 0 Å². The Morgan fingerprint density at radius 1 is 1.00 bits per heavy atom. The van der Waals surface area contributed by atoms with Crippen molar-refractivity contribution >= 4 is 17.4 Å². The molecule has 1 aromatic heterocycles. The molecule has 0 unspecified atom stereocenters. The Bertz CT molecular complexity index is 705. The molecule has 0 saturated heterocycles. The lowest BCUT2D eigenvalue weighted by Gasteiger charge is -2.26. The Morgan fingerprint density at radius 3 is 2.04 bits per heavy atom. The van der Waals surface area contributed by atoms with Crippen LogP contribution in [0, 0.1) is 0 Å². The van der Waals surface area contributed by atoms with Gasteiger partial charge in [-0.3, -0.25) is 4.79 Å². The maximum absolute atomic E-state index is 12.3. The molecule has 0 radical (unpaired) electrons. The van der Waals surface area contributed by atoms with Gasteiger partial charge in [0.25, 0.3) is 5.91 Å². The standard InChI is InChI=1S/C18H17N3OS/c1-13(20-18(22)16-12-19-21-23-16)17(14-8-4-2-5-9-14)15-10-6-3-7-11-15/h2-13,17H,1H3,(H,20,22)/t13-/m0/s1. The minimum absolute atomic E-state index is 0.0607. The topological polar surface area (TPSA) is 54.9 Å². The van der Waals surface area contributed by atoms with Crippen LogP contribution in [0.4, 0.5) is 0 Å². The minimum atomic E-state index is -0.135. The van der Waals surface area contributed by atoms with Gasteiger partial charge in [0, 0.05) is 12.0 Å². The number of hydrogen-bond acceptors (Lipinski definition) is 4. The summed E-state index contributed by atoms with van der Waals surface area (Å²) in [5.41, 5.74) is 2.35. The third kappa shape index (κ3) is 3.63. The lowest BCUT2D eigenvalue weighted by atomic mass is 9.86. The molecule has 116 valence electrons. The molecule has 2 aromatic carbocycles. The first-order chi connectivity index (χ1) is 11.3. The van der Waals surface area contributed by atoms with Crippen LogP contribution in [0.3, 0.4) is 0 Å². The molecular formula is C18H17N3OS. The van der Waals surface area contributed by atoms with Crippen molar-refractivity contribution in [2.45, 2.75) is 18.9 Å². The van der Waals surface area contributed by atoms with Gasteiger partial charge in [-0.1, -0.05) is 65.2 Å². The fraction of sp³-hybridized carbons (Fsp3) is 0.167. The average Bonchev–Trinajstić information content (AvgIpc) is 3.12. The van der Waals surface area contributed by atoms with E-state index in [1.807, 2.05) is 43.3 Å². The summed E-state index contributed by atoms with van der Waals surface area (Å²) in [5.74, 6) is -0.0495. The van der Waals surface area contributed by atoms with Gasteiger partial charge in [0.05, 0.1) is 6.20 Å². The van der Waals surface area contributed by atoms with Crippen molar-refractivity contribution < 1.29 is 4.79 Å². The van der Waals surface area contributed by atoms with Crippen molar-refractivity contribution in [3.8, 4) is 0 Å². The van der Waals surface area contributed by atoms with Gasteiger partial charge in [-0.25, -0.2) is 0 Å². The number of aromatic nitrogens is 2. The van der Waals surface area contributed by atoms with Crippen LogP contribution >= 0.6 is 11.5 Å². The number of carbonyl (C=O) groups is 1. The van der Waals surface area contributed by atoms with Crippen LogP contribution in [0.2, 0.25) is 0 Å². The molecule has 1 heterocycles. The van der Waals surface area contributed by atoms with Crippen LogP contribution in [0.15, 0.2) is 66.9 Å². The Morgan fingerprint density at radius 2 is 1.57 bits per heavy atom. The van der Waals surface area contributed by atoms with E-state index in [0.717, 1.165) is 11.5 Å². The molecule has 0 spiro atoms. The van der Waals surface area contributed by atoms with Crippen molar-refractivity contribution in [3.05, 3.63) is 82.9 Å². The van der Waals surface area contributed by atoms with E-state index in [4.69, 9.17) is 0 Å².